The Morgan fingerprint density at radius 3 is 2.25 bits per heavy atom. The Morgan fingerprint density at radius 1 is 1.62 bits per heavy atom. The summed E-state index contributed by atoms with van der Waals surface area (Å²) in [6.07, 6.45) is 1.56. The first-order valence-corrected chi connectivity index (χ1v) is 3.03. The van der Waals surface area contributed by atoms with Crippen molar-refractivity contribution in [1.29, 1.82) is 0 Å². The van der Waals surface area contributed by atoms with E-state index < -0.39 is 0 Å². The van der Waals surface area contributed by atoms with E-state index in [-0.39, 0.29) is 17.2 Å². The molecule has 0 unspecified atom stereocenters. The molecule has 0 atom stereocenters. The number of nitrogens with two attached hydrogens (primary N) is 1. The van der Waals surface area contributed by atoms with E-state index in [9.17, 15) is 4.79 Å². The Bertz CT molecular complexity index is 109. The van der Waals surface area contributed by atoms with Crippen molar-refractivity contribution in [3.63, 3.8) is 0 Å². The summed E-state index contributed by atoms with van der Waals surface area (Å²) in [6, 6.07) is 0.225. The van der Waals surface area contributed by atoms with Crippen LogP contribution in [0.5, 0.6) is 0 Å². The molecule has 2 N–H and O–H groups in total. The largest absolute Gasteiger partial charge is 0.328 e. The van der Waals surface area contributed by atoms with Gasteiger partial charge in [0.25, 0.3) is 0 Å². The van der Waals surface area contributed by atoms with Gasteiger partial charge in [0.1, 0.15) is 0 Å². The van der Waals surface area contributed by atoms with Crippen molar-refractivity contribution in [2.45, 2.75) is 18.9 Å². The van der Waals surface area contributed by atoms with E-state index in [0.717, 1.165) is 12.8 Å². The first-order chi connectivity index (χ1) is 3.70. The zero-order valence-electron chi connectivity index (χ0n) is 4.43. The number of carbonyl (C=O) groups excluding carboxylic acids is 1. The van der Waals surface area contributed by atoms with Crippen LogP contribution in [0.15, 0.2) is 0 Å². The van der Waals surface area contributed by atoms with Crippen LogP contribution in [0.1, 0.15) is 12.8 Å². The minimum absolute atomic E-state index is 0.0617. The minimum Gasteiger partial charge on any atom is -0.328 e. The Balaban J connectivity index is 2.25. The second kappa shape index (κ2) is 2.03. The molecule has 8 heavy (non-hydrogen) atoms. The fourth-order valence-corrected chi connectivity index (χ4v) is 1.03. The topological polar surface area (TPSA) is 43.1 Å². The molecule has 3 heteroatoms. The highest BCUT2D eigenvalue weighted by Crippen LogP contribution is 2.27. The van der Waals surface area contributed by atoms with Crippen molar-refractivity contribution in [2.75, 3.05) is 0 Å². The molecule has 1 aliphatic rings. The quantitative estimate of drug-likeness (QED) is 0.529. The molecule has 0 radical (unpaired) electrons. The molecule has 0 saturated heterocycles. The standard InChI is InChI=1S/C5H8ClNO/c6-5(8)3-1-4(7)2-3/h3-4H,1-2,7H2. The first-order valence-electron chi connectivity index (χ1n) is 2.65. The van der Waals surface area contributed by atoms with Gasteiger partial charge in [0, 0.05) is 12.0 Å². The van der Waals surface area contributed by atoms with E-state index in [1.807, 2.05) is 0 Å². The summed E-state index contributed by atoms with van der Waals surface area (Å²) in [5.41, 5.74) is 5.40. The van der Waals surface area contributed by atoms with Gasteiger partial charge in [-0.15, -0.1) is 0 Å². The van der Waals surface area contributed by atoms with Crippen molar-refractivity contribution in [2.24, 2.45) is 11.7 Å². The summed E-state index contributed by atoms with van der Waals surface area (Å²) in [5, 5.41) is -0.230. The SMILES string of the molecule is NC1CC(C(=O)Cl)C1. The maximum atomic E-state index is 10.3. The molecule has 1 rings (SSSR count). The van der Waals surface area contributed by atoms with Gasteiger partial charge in [-0.25, -0.2) is 0 Å². The zero-order chi connectivity index (χ0) is 6.15. The van der Waals surface area contributed by atoms with Gasteiger partial charge < -0.3 is 5.73 Å². The molecule has 0 heterocycles. The molecule has 1 aliphatic carbocycles. The van der Waals surface area contributed by atoms with Crippen LogP contribution in [0.3, 0.4) is 0 Å². The van der Waals surface area contributed by atoms with Crippen molar-refractivity contribution in [3.8, 4) is 0 Å². The normalized spacial score (nSPS) is 36.2. The Hall–Kier alpha value is -0.0800. The Kier molecular flexibility index (Phi) is 1.54. The molecule has 46 valence electrons. The number of rotatable bonds is 1. The predicted molar refractivity (Wildman–Crippen MR) is 31.6 cm³/mol. The molecular formula is C5H8ClNO. The fourth-order valence-electron chi connectivity index (χ4n) is 0.847. The van der Waals surface area contributed by atoms with Crippen molar-refractivity contribution in [1.82, 2.24) is 0 Å². The fraction of sp³-hybridized carbons (Fsp3) is 0.800. The van der Waals surface area contributed by atoms with Crippen molar-refractivity contribution < 1.29 is 4.79 Å². The van der Waals surface area contributed by atoms with Crippen LogP contribution in [0.4, 0.5) is 0 Å². The van der Waals surface area contributed by atoms with Crippen LogP contribution in [-0.2, 0) is 4.79 Å². The van der Waals surface area contributed by atoms with Gasteiger partial charge in [-0.2, -0.15) is 0 Å². The van der Waals surface area contributed by atoms with Gasteiger partial charge >= 0.3 is 0 Å². The highest BCUT2D eigenvalue weighted by Gasteiger charge is 2.30. The lowest BCUT2D eigenvalue weighted by Crippen LogP contribution is -2.38. The summed E-state index contributed by atoms with van der Waals surface area (Å²) >= 11 is 5.15. The molecule has 0 amide bonds. The van der Waals surface area contributed by atoms with Crippen LogP contribution in [0.2, 0.25) is 0 Å². The van der Waals surface area contributed by atoms with Gasteiger partial charge in [0.2, 0.25) is 5.24 Å². The molecule has 0 bridgehead atoms. The third-order valence-electron chi connectivity index (χ3n) is 1.50. The molecule has 1 fully saturated rings. The summed E-state index contributed by atoms with van der Waals surface area (Å²) in [4.78, 5) is 10.3. The van der Waals surface area contributed by atoms with Gasteiger partial charge in [0.05, 0.1) is 0 Å². The highest BCUT2D eigenvalue weighted by molar-refractivity contribution is 6.64. The lowest BCUT2D eigenvalue weighted by molar-refractivity contribution is -0.117. The molecular weight excluding hydrogens is 126 g/mol. The van der Waals surface area contributed by atoms with Crippen molar-refractivity contribution in [3.05, 3.63) is 0 Å². The van der Waals surface area contributed by atoms with Gasteiger partial charge in [-0.3, -0.25) is 4.79 Å². The second-order valence-corrected chi connectivity index (χ2v) is 2.61. The van der Waals surface area contributed by atoms with Gasteiger partial charge in [0.15, 0.2) is 0 Å². The van der Waals surface area contributed by atoms with Crippen LogP contribution >= 0.6 is 11.6 Å². The van der Waals surface area contributed by atoms with E-state index in [1.54, 1.807) is 0 Å². The highest BCUT2D eigenvalue weighted by atomic mass is 35.5. The van der Waals surface area contributed by atoms with Crippen LogP contribution in [0.25, 0.3) is 0 Å². The minimum atomic E-state index is -0.230. The summed E-state index contributed by atoms with van der Waals surface area (Å²) in [5.74, 6) is 0.0617. The average Bonchev–Trinajstić information content (AvgIpc) is 1.57. The number of carbonyl (C=O) groups is 1. The number of hydrogen-bond acceptors (Lipinski definition) is 2. The third-order valence-corrected chi connectivity index (χ3v) is 1.80. The van der Waals surface area contributed by atoms with E-state index in [4.69, 9.17) is 17.3 Å². The lowest BCUT2D eigenvalue weighted by atomic mass is 9.82. The lowest BCUT2D eigenvalue weighted by Gasteiger charge is -2.28. The Labute approximate surface area is 53.0 Å². The number of hydrogen-bond donors (Lipinski definition) is 1. The van der Waals surface area contributed by atoms with Crippen molar-refractivity contribution >= 4 is 16.8 Å². The monoisotopic (exact) mass is 133 g/mol. The molecule has 2 nitrogen and oxygen atoms in total. The Morgan fingerprint density at radius 2 is 2.12 bits per heavy atom. The number of halogens is 1. The summed E-state index contributed by atoms with van der Waals surface area (Å²) in [6.45, 7) is 0. The molecule has 0 aromatic rings. The maximum Gasteiger partial charge on any atom is 0.224 e. The molecule has 1 saturated carbocycles. The summed E-state index contributed by atoms with van der Waals surface area (Å²) in [7, 11) is 0. The van der Waals surface area contributed by atoms with E-state index in [0.29, 0.717) is 0 Å². The average molecular weight is 134 g/mol. The van der Waals surface area contributed by atoms with E-state index in [1.165, 1.54) is 0 Å². The summed E-state index contributed by atoms with van der Waals surface area (Å²) < 4.78 is 0. The van der Waals surface area contributed by atoms with Crippen LogP contribution in [-0.4, -0.2) is 11.3 Å². The van der Waals surface area contributed by atoms with Crippen LogP contribution in [0, 0.1) is 5.92 Å². The zero-order valence-corrected chi connectivity index (χ0v) is 5.19. The smallest absolute Gasteiger partial charge is 0.224 e. The van der Waals surface area contributed by atoms with Gasteiger partial charge in [-0.1, -0.05) is 0 Å². The maximum absolute atomic E-state index is 10.3. The molecule has 0 spiro atoms. The van der Waals surface area contributed by atoms with E-state index >= 15 is 0 Å². The molecule has 0 aromatic heterocycles. The second-order valence-electron chi connectivity index (χ2n) is 2.23. The third kappa shape index (κ3) is 1.01. The first kappa shape index (κ1) is 6.05. The van der Waals surface area contributed by atoms with Crippen LogP contribution < -0.4 is 5.73 Å². The molecule has 0 aliphatic heterocycles. The van der Waals surface area contributed by atoms with E-state index in [2.05, 4.69) is 0 Å². The molecule has 0 aromatic carbocycles. The van der Waals surface area contributed by atoms with Gasteiger partial charge in [-0.05, 0) is 24.4 Å². The predicted octanol–water partition coefficient (Wildman–Crippen LogP) is 0.489.